The number of primary amides is 1. The fourth-order valence-corrected chi connectivity index (χ4v) is 2.76. The highest BCUT2D eigenvalue weighted by atomic mass is 32.1. The summed E-state index contributed by atoms with van der Waals surface area (Å²) >= 11 is 5.16. The van der Waals surface area contributed by atoms with Crippen molar-refractivity contribution in [3.05, 3.63) is 59.7 Å². The van der Waals surface area contributed by atoms with Crippen LogP contribution in [-0.4, -0.2) is 23.5 Å². The van der Waals surface area contributed by atoms with Gasteiger partial charge in [-0.15, -0.1) is 0 Å². The molecule has 148 valence electrons. The van der Waals surface area contributed by atoms with Crippen molar-refractivity contribution in [3.63, 3.8) is 0 Å². The van der Waals surface area contributed by atoms with Crippen LogP contribution in [0.25, 0.3) is 0 Å². The summed E-state index contributed by atoms with van der Waals surface area (Å²) in [4.78, 5) is 23.8. The van der Waals surface area contributed by atoms with Crippen LogP contribution in [0.1, 0.15) is 53.3 Å². The van der Waals surface area contributed by atoms with Crippen LogP contribution in [0.5, 0.6) is 5.75 Å². The summed E-state index contributed by atoms with van der Waals surface area (Å²) in [5.41, 5.74) is 6.51. The molecule has 0 saturated carbocycles. The molecule has 4 N–H and O–H groups in total. The predicted octanol–water partition coefficient (Wildman–Crippen LogP) is 3.87. The zero-order valence-corrected chi connectivity index (χ0v) is 16.7. The van der Waals surface area contributed by atoms with Gasteiger partial charge in [0.25, 0.3) is 11.8 Å². The second kappa shape index (κ2) is 11.0. The molecule has 0 aliphatic heterocycles. The maximum Gasteiger partial charge on any atom is 0.257 e. The summed E-state index contributed by atoms with van der Waals surface area (Å²) in [6, 6.07) is 13.5. The lowest BCUT2D eigenvalue weighted by Crippen LogP contribution is -2.34. The van der Waals surface area contributed by atoms with Gasteiger partial charge in [-0.2, -0.15) is 0 Å². The average molecular weight is 400 g/mol. The van der Waals surface area contributed by atoms with E-state index in [4.69, 9.17) is 22.7 Å². The molecule has 2 aromatic rings. The molecule has 0 aliphatic rings. The van der Waals surface area contributed by atoms with Gasteiger partial charge in [0.1, 0.15) is 5.75 Å². The predicted molar refractivity (Wildman–Crippen MR) is 115 cm³/mol. The molecule has 0 bridgehead atoms. The molecule has 0 aliphatic carbocycles. The standard InChI is InChI=1S/C21H25N3O3S/c1-2-3-4-7-14-27-16-12-10-15(11-13-16)20(26)24-21(28)23-18-9-6-5-8-17(18)19(22)25/h5-6,8-13H,2-4,7,14H2,1H3,(H2,22,25)(H2,23,24,26,28). The molecule has 0 aromatic heterocycles. The topological polar surface area (TPSA) is 93.4 Å². The highest BCUT2D eigenvalue weighted by Gasteiger charge is 2.11. The minimum absolute atomic E-state index is 0.0787. The van der Waals surface area contributed by atoms with Crippen LogP contribution in [0.15, 0.2) is 48.5 Å². The van der Waals surface area contributed by atoms with Gasteiger partial charge < -0.3 is 15.8 Å². The first-order valence-electron chi connectivity index (χ1n) is 9.25. The summed E-state index contributed by atoms with van der Waals surface area (Å²) in [5, 5.41) is 5.49. The largest absolute Gasteiger partial charge is 0.494 e. The molecule has 0 heterocycles. The molecule has 2 rings (SSSR count). The molecule has 6 nitrogen and oxygen atoms in total. The van der Waals surface area contributed by atoms with Crippen molar-refractivity contribution in [2.24, 2.45) is 5.73 Å². The molecular formula is C21H25N3O3S. The van der Waals surface area contributed by atoms with Gasteiger partial charge in [-0.1, -0.05) is 38.3 Å². The van der Waals surface area contributed by atoms with E-state index in [9.17, 15) is 9.59 Å². The first-order valence-corrected chi connectivity index (χ1v) is 9.66. The van der Waals surface area contributed by atoms with Crippen molar-refractivity contribution in [2.75, 3.05) is 11.9 Å². The number of para-hydroxylation sites is 1. The number of nitrogens with two attached hydrogens (primary N) is 1. The van der Waals surface area contributed by atoms with Crippen molar-refractivity contribution in [1.29, 1.82) is 0 Å². The number of thiocarbonyl (C=S) groups is 1. The van der Waals surface area contributed by atoms with E-state index in [2.05, 4.69) is 17.6 Å². The molecule has 0 saturated heterocycles. The quantitative estimate of drug-likeness (QED) is 0.440. The number of hydrogen-bond acceptors (Lipinski definition) is 4. The Balaban J connectivity index is 1.87. The van der Waals surface area contributed by atoms with Crippen LogP contribution in [-0.2, 0) is 0 Å². The maximum atomic E-state index is 12.3. The van der Waals surface area contributed by atoms with E-state index in [0.717, 1.165) is 18.6 Å². The number of benzene rings is 2. The fraction of sp³-hybridized carbons (Fsp3) is 0.286. The zero-order chi connectivity index (χ0) is 20.4. The third-order valence-corrected chi connectivity index (χ3v) is 4.26. The van der Waals surface area contributed by atoms with Crippen LogP contribution < -0.4 is 21.1 Å². The molecule has 2 amide bonds. The van der Waals surface area contributed by atoms with E-state index in [-0.39, 0.29) is 11.0 Å². The lowest BCUT2D eigenvalue weighted by molar-refractivity contribution is 0.0975. The van der Waals surface area contributed by atoms with Crippen LogP contribution in [0.4, 0.5) is 5.69 Å². The van der Waals surface area contributed by atoms with E-state index in [0.29, 0.717) is 23.4 Å². The smallest absolute Gasteiger partial charge is 0.257 e. The lowest BCUT2D eigenvalue weighted by Gasteiger charge is -2.12. The van der Waals surface area contributed by atoms with Gasteiger partial charge in [0, 0.05) is 5.56 Å². The number of unbranched alkanes of at least 4 members (excludes halogenated alkanes) is 3. The monoisotopic (exact) mass is 399 g/mol. The van der Waals surface area contributed by atoms with Crippen molar-refractivity contribution >= 4 is 34.8 Å². The number of hydrogen-bond donors (Lipinski definition) is 3. The number of rotatable bonds is 9. The van der Waals surface area contributed by atoms with Gasteiger partial charge in [0.2, 0.25) is 0 Å². The Bertz CT molecular complexity index is 822. The Morgan fingerprint density at radius 2 is 1.75 bits per heavy atom. The summed E-state index contributed by atoms with van der Waals surface area (Å²) in [7, 11) is 0. The fourth-order valence-electron chi connectivity index (χ4n) is 2.56. The van der Waals surface area contributed by atoms with E-state index >= 15 is 0 Å². The summed E-state index contributed by atoms with van der Waals surface area (Å²) in [6.45, 7) is 2.83. The second-order valence-electron chi connectivity index (χ2n) is 6.25. The van der Waals surface area contributed by atoms with Crippen molar-refractivity contribution in [1.82, 2.24) is 5.32 Å². The molecule has 0 atom stereocenters. The van der Waals surface area contributed by atoms with Gasteiger partial charge in [0.05, 0.1) is 17.9 Å². The van der Waals surface area contributed by atoms with E-state index in [1.54, 1.807) is 48.5 Å². The van der Waals surface area contributed by atoms with Crippen molar-refractivity contribution in [2.45, 2.75) is 32.6 Å². The number of nitrogens with one attached hydrogen (secondary N) is 2. The molecule has 28 heavy (non-hydrogen) atoms. The van der Waals surface area contributed by atoms with Gasteiger partial charge >= 0.3 is 0 Å². The minimum Gasteiger partial charge on any atom is -0.494 e. The summed E-state index contributed by atoms with van der Waals surface area (Å²) < 4.78 is 5.67. The van der Waals surface area contributed by atoms with E-state index in [1.807, 2.05) is 0 Å². The SMILES string of the molecule is CCCCCCOc1ccc(C(=O)NC(=S)Nc2ccccc2C(N)=O)cc1. The Hall–Kier alpha value is -2.93. The molecule has 0 radical (unpaired) electrons. The van der Waals surface area contributed by atoms with Crippen LogP contribution in [0.2, 0.25) is 0 Å². The third kappa shape index (κ3) is 6.66. The van der Waals surface area contributed by atoms with Crippen molar-refractivity contribution in [3.8, 4) is 5.75 Å². The molecule has 2 aromatic carbocycles. The number of carbonyl (C=O) groups excluding carboxylic acids is 2. The first-order chi connectivity index (χ1) is 13.5. The zero-order valence-electron chi connectivity index (χ0n) is 15.9. The van der Waals surface area contributed by atoms with E-state index in [1.165, 1.54) is 12.8 Å². The Morgan fingerprint density at radius 3 is 2.43 bits per heavy atom. The summed E-state index contributed by atoms with van der Waals surface area (Å²) in [5.74, 6) is -0.213. The lowest BCUT2D eigenvalue weighted by atomic mass is 10.1. The highest BCUT2D eigenvalue weighted by Crippen LogP contribution is 2.15. The second-order valence-corrected chi connectivity index (χ2v) is 6.66. The molecule has 0 unspecified atom stereocenters. The molecular weight excluding hydrogens is 374 g/mol. The maximum absolute atomic E-state index is 12.3. The Morgan fingerprint density at radius 1 is 1.04 bits per heavy atom. The number of carbonyl (C=O) groups is 2. The first kappa shape index (κ1) is 21.4. The Labute approximate surface area is 170 Å². The summed E-state index contributed by atoms with van der Waals surface area (Å²) in [6.07, 6.45) is 4.57. The van der Waals surface area contributed by atoms with Gasteiger partial charge in [-0.3, -0.25) is 14.9 Å². The average Bonchev–Trinajstić information content (AvgIpc) is 2.68. The number of anilines is 1. The molecule has 0 fully saturated rings. The van der Waals surface area contributed by atoms with Crippen molar-refractivity contribution < 1.29 is 14.3 Å². The van der Waals surface area contributed by atoms with Crippen LogP contribution >= 0.6 is 12.2 Å². The number of amides is 2. The minimum atomic E-state index is -0.581. The molecule has 0 spiro atoms. The third-order valence-electron chi connectivity index (χ3n) is 4.05. The number of ether oxygens (including phenoxy) is 1. The van der Waals surface area contributed by atoms with Gasteiger partial charge in [-0.25, -0.2) is 0 Å². The van der Waals surface area contributed by atoms with Crippen LogP contribution in [0.3, 0.4) is 0 Å². The van der Waals surface area contributed by atoms with Gasteiger partial charge in [0.15, 0.2) is 5.11 Å². The van der Waals surface area contributed by atoms with E-state index < -0.39 is 5.91 Å². The normalized spacial score (nSPS) is 10.2. The molecule has 7 heteroatoms. The van der Waals surface area contributed by atoms with Crippen LogP contribution in [0, 0.1) is 0 Å². The Kier molecular flexibility index (Phi) is 8.42. The van der Waals surface area contributed by atoms with Gasteiger partial charge in [-0.05, 0) is 55.0 Å². The highest BCUT2D eigenvalue weighted by molar-refractivity contribution is 7.80.